The van der Waals surface area contributed by atoms with Gasteiger partial charge in [0.2, 0.25) is 0 Å². The van der Waals surface area contributed by atoms with Crippen LogP contribution in [0.25, 0.3) is 0 Å². The summed E-state index contributed by atoms with van der Waals surface area (Å²) >= 11 is 0. The summed E-state index contributed by atoms with van der Waals surface area (Å²) in [7, 11) is 1.86. The monoisotopic (exact) mass is 220 g/mol. The topological polar surface area (TPSA) is 58.3 Å². The molecular formula is C13H20N2O. The number of aliphatic hydroxyl groups excluding tert-OH is 1. The van der Waals surface area contributed by atoms with Crippen molar-refractivity contribution >= 4 is 0 Å². The lowest BCUT2D eigenvalue weighted by atomic mass is 9.97. The van der Waals surface area contributed by atoms with E-state index in [1.54, 1.807) is 0 Å². The van der Waals surface area contributed by atoms with Crippen molar-refractivity contribution in [3.8, 4) is 0 Å². The molecule has 0 radical (unpaired) electrons. The molecular weight excluding hydrogens is 200 g/mol. The van der Waals surface area contributed by atoms with Crippen molar-refractivity contribution in [1.82, 2.24) is 5.32 Å². The number of aryl methyl sites for hydroxylation is 2. The molecule has 1 aliphatic carbocycles. The van der Waals surface area contributed by atoms with Crippen molar-refractivity contribution in [2.24, 2.45) is 5.73 Å². The molecule has 2 atom stereocenters. The van der Waals surface area contributed by atoms with Crippen molar-refractivity contribution < 1.29 is 5.11 Å². The highest BCUT2D eigenvalue weighted by atomic mass is 16.3. The Morgan fingerprint density at radius 1 is 1.38 bits per heavy atom. The Morgan fingerprint density at radius 3 is 2.81 bits per heavy atom. The number of rotatable bonds is 4. The number of nitrogens with one attached hydrogen (secondary N) is 1. The van der Waals surface area contributed by atoms with Gasteiger partial charge >= 0.3 is 0 Å². The van der Waals surface area contributed by atoms with Gasteiger partial charge in [-0.25, -0.2) is 0 Å². The van der Waals surface area contributed by atoms with Gasteiger partial charge in [-0.15, -0.1) is 0 Å². The Kier molecular flexibility index (Phi) is 3.59. The Bertz CT molecular complexity index is 365. The average molecular weight is 220 g/mol. The van der Waals surface area contributed by atoms with Gasteiger partial charge in [0.05, 0.1) is 12.1 Å². The van der Waals surface area contributed by atoms with E-state index in [2.05, 4.69) is 23.5 Å². The smallest absolute Gasteiger partial charge is 0.0856 e. The number of likely N-dealkylation sites (N-methyl/N-ethyl adjacent to an activating group) is 1. The zero-order chi connectivity index (χ0) is 11.5. The summed E-state index contributed by atoms with van der Waals surface area (Å²) in [5.74, 6) is 0. The molecule has 1 aromatic carbocycles. The SMILES string of the molecule is CNC(c1ccc2c(c1)CCC2)C(O)CN. The molecule has 0 saturated carbocycles. The maximum absolute atomic E-state index is 9.83. The van der Waals surface area contributed by atoms with Gasteiger partial charge in [0, 0.05) is 6.54 Å². The average Bonchev–Trinajstić information content (AvgIpc) is 2.77. The van der Waals surface area contributed by atoms with E-state index in [0.29, 0.717) is 0 Å². The fourth-order valence-electron chi connectivity index (χ4n) is 2.50. The quantitative estimate of drug-likeness (QED) is 0.702. The minimum absolute atomic E-state index is 0.0594. The molecule has 0 saturated heterocycles. The normalized spacial score (nSPS) is 18.2. The lowest BCUT2D eigenvalue weighted by Crippen LogP contribution is -2.35. The summed E-state index contributed by atoms with van der Waals surface area (Å²) in [6.07, 6.45) is 3.09. The Balaban J connectivity index is 2.25. The number of aliphatic hydroxyl groups is 1. The third kappa shape index (κ3) is 2.12. The lowest BCUT2D eigenvalue weighted by molar-refractivity contribution is 0.139. The summed E-state index contributed by atoms with van der Waals surface area (Å²) in [4.78, 5) is 0. The van der Waals surface area contributed by atoms with Crippen LogP contribution in [0.4, 0.5) is 0 Å². The van der Waals surface area contributed by atoms with E-state index < -0.39 is 6.10 Å². The van der Waals surface area contributed by atoms with E-state index in [-0.39, 0.29) is 12.6 Å². The van der Waals surface area contributed by atoms with Crippen LogP contribution in [-0.2, 0) is 12.8 Å². The molecule has 0 heterocycles. The molecule has 0 aliphatic heterocycles. The second-order valence-corrected chi connectivity index (χ2v) is 4.45. The number of benzene rings is 1. The first-order valence-corrected chi connectivity index (χ1v) is 5.93. The van der Waals surface area contributed by atoms with Crippen LogP contribution in [0.1, 0.15) is 29.2 Å². The Labute approximate surface area is 96.7 Å². The Morgan fingerprint density at radius 2 is 2.12 bits per heavy atom. The van der Waals surface area contributed by atoms with E-state index in [4.69, 9.17) is 5.73 Å². The standard InChI is InChI=1S/C13H20N2O/c1-15-13(12(16)8-14)11-6-5-9-3-2-4-10(9)7-11/h5-7,12-13,15-16H,2-4,8,14H2,1H3. The van der Waals surface area contributed by atoms with Gasteiger partial charge in [-0.05, 0) is 43.0 Å². The van der Waals surface area contributed by atoms with Gasteiger partial charge < -0.3 is 16.2 Å². The first-order chi connectivity index (χ1) is 7.76. The zero-order valence-corrected chi connectivity index (χ0v) is 9.74. The third-order valence-electron chi connectivity index (χ3n) is 3.42. The predicted molar refractivity (Wildman–Crippen MR) is 65.3 cm³/mol. The predicted octanol–water partition coefficient (Wildman–Crippen LogP) is 0.755. The number of nitrogens with two attached hydrogens (primary N) is 1. The van der Waals surface area contributed by atoms with Crippen LogP contribution in [0, 0.1) is 0 Å². The second-order valence-electron chi connectivity index (χ2n) is 4.45. The molecule has 0 fully saturated rings. The largest absolute Gasteiger partial charge is 0.390 e. The van der Waals surface area contributed by atoms with Crippen LogP contribution in [0.2, 0.25) is 0 Å². The zero-order valence-electron chi connectivity index (χ0n) is 9.74. The Hall–Kier alpha value is -0.900. The molecule has 16 heavy (non-hydrogen) atoms. The minimum atomic E-state index is -0.524. The van der Waals surface area contributed by atoms with E-state index >= 15 is 0 Å². The van der Waals surface area contributed by atoms with Gasteiger partial charge in [0.25, 0.3) is 0 Å². The van der Waals surface area contributed by atoms with Crippen molar-refractivity contribution in [2.75, 3.05) is 13.6 Å². The molecule has 0 aromatic heterocycles. The second kappa shape index (κ2) is 4.95. The van der Waals surface area contributed by atoms with Crippen molar-refractivity contribution in [1.29, 1.82) is 0 Å². The van der Waals surface area contributed by atoms with Gasteiger partial charge in [-0.2, -0.15) is 0 Å². The van der Waals surface area contributed by atoms with Crippen molar-refractivity contribution in [3.63, 3.8) is 0 Å². The summed E-state index contributed by atoms with van der Waals surface area (Å²) in [5.41, 5.74) is 9.54. The van der Waals surface area contributed by atoms with Crippen molar-refractivity contribution in [3.05, 3.63) is 34.9 Å². The molecule has 0 bridgehead atoms. The lowest BCUT2D eigenvalue weighted by Gasteiger charge is -2.22. The molecule has 4 N–H and O–H groups in total. The first kappa shape index (κ1) is 11.6. The van der Waals surface area contributed by atoms with Gasteiger partial charge in [0.1, 0.15) is 0 Å². The molecule has 88 valence electrons. The summed E-state index contributed by atoms with van der Waals surface area (Å²) < 4.78 is 0. The fourth-order valence-corrected chi connectivity index (χ4v) is 2.50. The molecule has 3 heteroatoms. The third-order valence-corrected chi connectivity index (χ3v) is 3.42. The van der Waals surface area contributed by atoms with Crippen LogP contribution in [0.15, 0.2) is 18.2 Å². The van der Waals surface area contributed by atoms with Crippen LogP contribution in [-0.4, -0.2) is 24.8 Å². The number of fused-ring (bicyclic) bond motifs is 1. The van der Waals surface area contributed by atoms with Gasteiger partial charge in [-0.1, -0.05) is 18.2 Å². The maximum atomic E-state index is 9.83. The number of hydrogen-bond acceptors (Lipinski definition) is 3. The summed E-state index contributed by atoms with van der Waals surface area (Å²) in [6.45, 7) is 0.280. The molecule has 1 aliphatic rings. The molecule has 1 aromatic rings. The fraction of sp³-hybridized carbons (Fsp3) is 0.538. The van der Waals surface area contributed by atoms with E-state index in [0.717, 1.165) is 5.56 Å². The van der Waals surface area contributed by atoms with Crippen LogP contribution >= 0.6 is 0 Å². The van der Waals surface area contributed by atoms with Crippen LogP contribution in [0.5, 0.6) is 0 Å². The molecule has 0 spiro atoms. The highest BCUT2D eigenvalue weighted by Gasteiger charge is 2.20. The number of hydrogen-bond donors (Lipinski definition) is 3. The highest BCUT2D eigenvalue weighted by Crippen LogP contribution is 2.26. The summed E-state index contributed by atoms with van der Waals surface area (Å²) in [6, 6.07) is 6.44. The van der Waals surface area contributed by atoms with Crippen molar-refractivity contribution in [2.45, 2.75) is 31.4 Å². The van der Waals surface area contributed by atoms with Gasteiger partial charge in [0.15, 0.2) is 0 Å². The van der Waals surface area contributed by atoms with E-state index in [1.807, 2.05) is 7.05 Å². The van der Waals surface area contributed by atoms with Gasteiger partial charge in [-0.3, -0.25) is 0 Å². The maximum Gasteiger partial charge on any atom is 0.0856 e. The molecule has 0 amide bonds. The minimum Gasteiger partial charge on any atom is -0.390 e. The molecule has 2 unspecified atom stereocenters. The molecule has 2 rings (SSSR count). The van der Waals surface area contributed by atoms with E-state index in [1.165, 1.54) is 30.4 Å². The van der Waals surface area contributed by atoms with Crippen LogP contribution in [0.3, 0.4) is 0 Å². The van der Waals surface area contributed by atoms with Crippen LogP contribution < -0.4 is 11.1 Å². The first-order valence-electron chi connectivity index (χ1n) is 5.93. The summed E-state index contributed by atoms with van der Waals surface area (Å²) in [5, 5.41) is 13.0. The highest BCUT2D eigenvalue weighted by molar-refractivity contribution is 5.36. The molecule has 3 nitrogen and oxygen atoms in total. The van der Waals surface area contributed by atoms with E-state index in [9.17, 15) is 5.11 Å².